The second-order valence-corrected chi connectivity index (χ2v) is 6.89. The van der Waals surface area contributed by atoms with Crippen LogP contribution in [0.15, 0.2) is 24.3 Å². The van der Waals surface area contributed by atoms with Crippen molar-refractivity contribution in [2.45, 2.75) is 83.7 Å². The Bertz CT molecular complexity index is 389. The van der Waals surface area contributed by atoms with E-state index in [9.17, 15) is 0 Å². The average molecular weight is 273 g/mol. The molecule has 1 heteroatoms. The zero-order chi connectivity index (χ0) is 14.4. The summed E-state index contributed by atoms with van der Waals surface area (Å²) in [5.41, 5.74) is 3.44. The molecule has 2 rings (SSSR count). The summed E-state index contributed by atoms with van der Waals surface area (Å²) in [5.74, 6) is 0. The van der Waals surface area contributed by atoms with E-state index in [4.69, 9.17) is 0 Å². The van der Waals surface area contributed by atoms with Crippen LogP contribution in [0.25, 0.3) is 0 Å². The van der Waals surface area contributed by atoms with Gasteiger partial charge in [-0.2, -0.15) is 0 Å². The molecule has 0 amide bonds. The van der Waals surface area contributed by atoms with Gasteiger partial charge in [-0.15, -0.1) is 0 Å². The molecule has 1 saturated carbocycles. The van der Waals surface area contributed by atoms with E-state index < -0.39 is 0 Å². The van der Waals surface area contributed by atoms with Crippen LogP contribution in [0.4, 0.5) is 0 Å². The van der Waals surface area contributed by atoms with E-state index in [2.05, 4.69) is 50.4 Å². The van der Waals surface area contributed by atoms with Crippen molar-refractivity contribution < 1.29 is 0 Å². The lowest BCUT2D eigenvalue weighted by Crippen LogP contribution is -2.25. The van der Waals surface area contributed by atoms with E-state index >= 15 is 0 Å². The molecule has 0 heterocycles. The Labute approximate surface area is 125 Å². The average Bonchev–Trinajstić information content (AvgIpc) is 3.21. The van der Waals surface area contributed by atoms with Gasteiger partial charge in [0.1, 0.15) is 0 Å². The second-order valence-electron chi connectivity index (χ2n) is 6.89. The highest BCUT2D eigenvalue weighted by Gasteiger charge is 2.38. The maximum atomic E-state index is 3.65. The standard InChI is InChI=1S/C19H31N/c1-4-5-6-7-8-16(2)20-15-17-9-11-18(12-10-17)19(3)13-14-19/h9-12,16,20H,4-8,13-15H2,1-3H3. The Balaban J connectivity index is 1.68. The lowest BCUT2D eigenvalue weighted by Gasteiger charge is -2.14. The number of benzene rings is 1. The van der Waals surface area contributed by atoms with Crippen LogP contribution in [0, 0.1) is 0 Å². The molecule has 0 saturated heterocycles. The molecule has 1 aromatic carbocycles. The third-order valence-corrected chi connectivity index (χ3v) is 4.80. The SMILES string of the molecule is CCCCCCC(C)NCc1ccc(C2(C)CC2)cc1. The fourth-order valence-corrected chi connectivity index (χ4v) is 2.77. The topological polar surface area (TPSA) is 12.0 Å². The summed E-state index contributed by atoms with van der Waals surface area (Å²) >= 11 is 0. The van der Waals surface area contributed by atoms with Crippen molar-refractivity contribution in [2.24, 2.45) is 0 Å². The summed E-state index contributed by atoms with van der Waals surface area (Å²) in [4.78, 5) is 0. The fourth-order valence-electron chi connectivity index (χ4n) is 2.77. The first-order valence-corrected chi connectivity index (χ1v) is 8.47. The zero-order valence-corrected chi connectivity index (χ0v) is 13.5. The highest BCUT2D eigenvalue weighted by Crippen LogP contribution is 2.47. The monoisotopic (exact) mass is 273 g/mol. The largest absolute Gasteiger partial charge is 0.310 e. The van der Waals surface area contributed by atoms with Crippen molar-refractivity contribution in [3.63, 3.8) is 0 Å². The van der Waals surface area contributed by atoms with Gasteiger partial charge >= 0.3 is 0 Å². The number of hydrogen-bond donors (Lipinski definition) is 1. The molecule has 1 aromatic rings. The summed E-state index contributed by atoms with van der Waals surface area (Å²) in [6.07, 6.45) is 9.48. The summed E-state index contributed by atoms with van der Waals surface area (Å²) in [6, 6.07) is 9.89. The Morgan fingerprint density at radius 2 is 1.80 bits per heavy atom. The van der Waals surface area contributed by atoms with Crippen LogP contribution in [0.3, 0.4) is 0 Å². The molecule has 20 heavy (non-hydrogen) atoms. The number of unbranched alkanes of at least 4 members (excludes halogenated alkanes) is 3. The van der Waals surface area contributed by atoms with Crippen molar-refractivity contribution in [1.82, 2.24) is 5.32 Å². The van der Waals surface area contributed by atoms with Crippen molar-refractivity contribution in [1.29, 1.82) is 0 Å². The van der Waals surface area contributed by atoms with E-state index in [1.165, 1.54) is 56.1 Å². The van der Waals surface area contributed by atoms with Gasteiger partial charge in [-0.1, -0.05) is 63.8 Å². The zero-order valence-electron chi connectivity index (χ0n) is 13.5. The van der Waals surface area contributed by atoms with Crippen LogP contribution >= 0.6 is 0 Å². The first kappa shape index (κ1) is 15.6. The van der Waals surface area contributed by atoms with Crippen molar-refractivity contribution in [3.8, 4) is 0 Å². The number of rotatable bonds is 9. The fraction of sp³-hybridized carbons (Fsp3) is 0.684. The van der Waals surface area contributed by atoms with Gasteiger partial charge in [-0.05, 0) is 42.7 Å². The van der Waals surface area contributed by atoms with E-state index in [1.807, 2.05) is 0 Å². The summed E-state index contributed by atoms with van der Waals surface area (Å²) in [7, 11) is 0. The van der Waals surface area contributed by atoms with Gasteiger partial charge in [-0.3, -0.25) is 0 Å². The van der Waals surface area contributed by atoms with Gasteiger partial charge in [0.15, 0.2) is 0 Å². The Morgan fingerprint density at radius 1 is 1.10 bits per heavy atom. The van der Waals surface area contributed by atoms with Crippen molar-refractivity contribution >= 4 is 0 Å². The maximum Gasteiger partial charge on any atom is 0.0207 e. The minimum Gasteiger partial charge on any atom is -0.310 e. The predicted octanol–water partition coefficient (Wildman–Crippen LogP) is 5.19. The molecular weight excluding hydrogens is 242 g/mol. The molecule has 1 fully saturated rings. The van der Waals surface area contributed by atoms with Crippen LogP contribution in [-0.2, 0) is 12.0 Å². The molecule has 1 N–H and O–H groups in total. The molecule has 0 aliphatic heterocycles. The van der Waals surface area contributed by atoms with Gasteiger partial charge in [0.2, 0.25) is 0 Å². The Hall–Kier alpha value is -0.820. The van der Waals surface area contributed by atoms with Gasteiger partial charge < -0.3 is 5.32 Å². The molecule has 1 aliphatic rings. The molecule has 0 aromatic heterocycles. The molecule has 1 unspecified atom stereocenters. The van der Waals surface area contributed by atoms with E-state index in [0.717, 1.165) is 6.54 Å². The molecule has 0 radical (unpaired) electrons. The summed E-state index contributed by atoms with van der Waals surface area (Å²) < 4.78 is 0. The van der Waals surface area contributed by atoms with Gasteiger partial charge in [0.25, 0.3) is 0 Å². The number of hydrogen-bond acceptors (Lipinski definition) is 1. The van der Waals surface area contributed by atoms with Crippen LogP contribution in [0.5, 0.6) is 0 Å². The van der Waals surface area contributed by atoms with Crippen LogP contribution < -0.4 is 5.32 Å². The minimum atomic E-state index is 0.499. The van der Waals surface area contributed by atoms with E-state index in [-0.39, 0.29) is 0 Å². The van der Waals surface area contributed by atoms with Gasteiger partial charge in [0.05, 0.1) is 0 Å². The minimum absolute atomic E-state index is 0.499. The smallest absolute Gasteiger partial charge is 0.0207 e. The third kappa shape index (κ3) is 4.63. The molecule has 112 valence electrons. The summed E-state index contributed by atoms with van der Waals surface area (Å²) in [6.45, 7) is 7.96. The van der Waals surface area contributed by atoms with E-state index in [1.54, 1.807) is 0 Å². The second kappa shape index (κ2) is 7.26. The van der Waals surface area contributed by atoms with Crippen molar-refractivity contribution in [3.05, 3.63) is 35.4 Å². The third-order valence-electron chi connectivity index (χ3n) is 4.80. The highest BCUT2D eigenvalue weighted by atomic mass is 14.9. The molecule has 1 atom stereocenters. The maximum absolute atomic E-state index is 3.65. The molecule has 1 nitrogen and oxygen atoms in total. The Kier molecular flexibility index (Phi) is 5.65. The Morgan fingerprint density at radius 3 is 2.40 bits per heavy atom. The highest BCUT2D eigenvalue weighted by molar-refractivity contribution is 5.32. The summed E-state index contributed by atoms with van der Waals surface area (Å²) in [5, 5.41) is 3.65. The van der Waals surface area contributed by atoms with Crippen LogP contribution in [-0.4, -0.2) is 6.04 Å². The number of nitrogens with one attached hydrogen (secondary N) is 1. The molecule has 1 aliphatic carbocycles. The van der Waals surface area contributed by atoms with Gasteiger partial charge in [-0.25, -0.2) is 0 Å². The van der Waals surface area contributed by atoms with Crippen LogP contribution in [0.1, 0.15) is 76.8 Å². The lowest BCUT2D eigenvalue weighted by atomic mass is 9.97. The normalized spacial score (nSPS) is 17.9. The van der Waals surface area contributed by atoms with Crippen LogP contribution in [0.2, 0.25) is 0 Å². The molecule has 0 spiro atoms. The molecule has 0 bridgehead atoms. The first-order chi connectivity index (χ1) is 9.64. The van der Waals surface area contributed by atoms with Gasteiger partial charge in [0, 0.05) is 12.6 Å². The first-order valence-electron chi connectivity index (χ1n) is 8.47. The molecular formula is C19H31N. The van der Waals surface area contributed by atoms with E-state index in [0.29, 0.717) is 11.5 Å². The van der Waals surface area contributed by atoms with Crippen molar-refractivity contribution in [2.75, 3.05) is 0 Å². The quantitative estimate of drug-likeness (QED) is 0.611. The lowest BCUT2D eigenvalue weighted by molar-refractivity contribution is 0.482. The predicted molar refractivity (Wildman–Crippen MR) is 88.1 cm³/mol.